The van der Waals surface area contributed by atoms with Crippen molar-refractivity contribution in [3.8, 4) is 17.1 Å². The highest BCUT2D eigenvalue weighted by molar-refractivity contribution is 6.03. The van der Waals surface area contributed by atoms with Crippen LogP contribution in [0.1, 0.15) is 40.7 Å². The fourth-order valence-electron chi connectivity index (χ4n) is 4.04. The van der Waals surface area contributed by atoms with Crippen molar-refractivity contribution in [2.24, 2.45) is 0 Å². The molecule has 1 aliphatic rings. The molecule has 0 spiro atoms. The molecule has 5 rings (SSSR count). The quantitative estimate of drug-likeness (QED) is 0.443. The number of rotatable bonds is 7. The lowest BCUT2D eigenvalue weighted by Gasteiger charge is -2.21. The van der Waals surface area contributed by atoms with Crippen molar-refractivity contribution in [2.75, 3.05) is 19.0 Å². The molecule has 1 unspecified atom stereocenters. The second kappa shape index (κ2) is 9.80. The summed E-state index contributed by atoms with van der Waals surface area (Å²) in [6, 6.07) is 14.5. The van der Waals surface area contributed by atoms with Gasteiger partial charge in [0.1, 0.15) is 11.6 Å². The van der Waals surface area contributed by atoms with E-state index in [4.69, 9.17) is 9.26 Å². The van der Waals surface area contributed by atoms with E-state index in [-0.39, 0.29) is 11.9 Å². The van der Waals surface area contributed by atoms with Gasteiger partial charge in [-0.25, -0.2) is 4.98 Å². The Morgan fingerprint density at radius 3 is 2.71 bits per heavy atom. The molecule has 0 radical (unpaired) electrons. The highest BCUT2D eigenvalue weighted by Gasteiger charge is 2.30. The number of carbonyl (C=O) groups is 1. The van der Waals surface area contributed by atoms with Crippen molar-refractivity contribution < 1.29 is 14.1 Å². The van der Waals surface area contributed by atoms with E-state index in [9.17, 15) is 4.79 Å². The molecule has 1 aliphatic heterocycles. The number of hydrogen-bond donors (Lipinski definition) is 1. The van der Waals surface area contributed by atoms with Gasteiger partial charge in [0.15, 0.2) is 0 Å². The topological polar surface area (TPSA) is 106 Å². The van der Waals surface area contributed by atoms with E-state index >= 15 is 0 Å². The molecule has 4 aromatic rings. The molecule has 0 bridgehead atoms. The Morgan fingerprint density at radius 1 is 1.15 bits per heavy atom. The molecule has 3 aromatic heterocycles. The summed E-state index contributed by atoms with van der Waals surface area (Å²) >= 11 is 0. The normalized spacial score (nSPS) is 15.9. The maximum Gasteiger partial charge on any atom is 0.256 e. The third-order valence-corrected chi connectivity index (χ3v) is 5.84. The number of amides is 1. The Labute approximate surface area is 196 Å². The standard InChI is InChI=1S/C25H24N6O3/c1-33-20-7-4-18(5-8-20)24(32)28-22-9-6-19(15-27-22)23-29-25(34-30-23)21-3-2-14-31(21)16-17-10-12-26-13-11-17/h4-13,15,21H,2-3,14,16H2,1H3,(H,27,28,32). The van der Waals surface area contributed by atoms with Crippen LogP contribution in [0.2, 0.25) is 0 Å². The first kappa shape index (κ1) is 21.7. The second-order valence-electron chi connectivity index (χ2n) is 8.05. The Hall–Kier alpha value is -4.11. The number of hydrogen-bond acceptors (Lipinski definition) is 8. The first-order chi connectivity index (χ1) is 16.7. The summed E-state index contributed by atoms with van der Waals surface area (Å²) in [5, 5.41) is 6.95. The largest absolute Gasteiger partial charge is 0.497 e. The van der Waals surface area contributed by atoms with Crippen molar-refractivity contribution in [1.29, 1.82) is 0 Å². The van der Waals surface area contributed by atoms with Crippen LogP contribution in [0.3, 0.4) is 0 Å². The minimum Gasteiger partial charge on any atom is -0.497 e. The van der Waals surface area contributed by atoms with Gasteiger partial charge in [-0.2, -0.15) is 4.98 Å². The molecule has 1 fully saturated rings. The van der Waals surface area contributed by atoms with E-state index in [0.29, 0.717) is 28.8 Å². The lowest BCUT2D eigenvalue weighted by molar-refractivity contribution is 0.102. The van der Waals surface area contributed by atoms with Gasteiger partial charge in [-0.15, -0.1) is 0 Å². The molecular formula is C25H24N6O3. The highest BCUT2D eigenvalue weighted by atomic mass is 16.5. The first-order valence-corrected chi connectivity index (χ1v) is 11.1. The van der Waals surface area contributed by atoms with Crippen LogP contribution >= 0.6 is 0 Å². The van der Waals surface area contributed by atoms with Gasteiger partial charge in [-0.1, -0.05) is 5.16 Å². The van der Waals surface area contributed by atoms with Crippen molar-refractivity contribution in [2.45, 2.75) is 25.4 Å². The van der Waals surface area contributed by atoms with E-state index in [2.05, 4.69) is 30.3 Å². The van der Waals surface area contributed by atoms with Crippen LogP contribution in [0.4, 0.5) is 5.82 Å². The lowest BCUT2D eigenvalue weighted by atomic mass is 10.2. The zero-order valence-corrected chi connectivity index (χ0v) is 18.7. The van der Waals surface area contributed by atoms with Gasteiger partial charge < -0.3 is 14.6 Å². The van der Waals surface area contributed by atoms with Gasteiger partial charge >= 0.3 is 0 Å². The number of benzene rings is 1. The van der Waals surface area contributed by atoms with Gasteiger partial charge in [-0.05, 0) is 73.5 Å². The van der Waals surface area contributed by atoms with Crippen LogP contribution < -0.4 is 10.1 Å². The molecule has 1 N–H and O–H groups in total. The zero-order chi connectivity index (χ0) is 23.3. The molecule has 4 heterocycles. The SMILES string of the molecule is COc1ccc(C(=O)Nc2ccc(-c3noc(C4CCCN4Cc4ccncc4)n3)cn2)cc1. The summed E-state index contributed by atoms with van der Waals surface area (Å²) in [6.07, 6.45) is 7.29. The van der Waals surface area contributed by atoms with Crippen LogP contribution in [0.15, 0.2) is 71.6 Å². The van der Waals surface area contributed by atoms with Crippen LogP contribution in [0.25, 0.3) is 11.4 Å². The average molecular weight is 457 g/mol. The predicted octanol–water partition coefficient (Wildman–Crippen LogP) is 4.12. The van der Waals surface area contributed by atoms with Gasteiger partial charge in [-0.3, -0.25) is 14.7 Å². The number of pyridine rings is 2. The maximum atomic E-state index is 12.4. The Bertz CT molecular complexity index is 1240. The summed E-state index contributed by atoms with van der Waals surface area (Å²) in [6.45, 7) is 1.80. The van der Waals surface area contributed by atoms with Crippen LogP contribution in [-0.4, -0.2) is 44.6 Å². The minimum absolute atomic E-state index is 0.0884. The van der Waals surface area contributed by atoms with E-state index in [1.54, 1.807) is 56.0 Å². The molecule has 9 heteroatoms. The summed E-state index contributed by atoms with van der Waals surface area (Å²) in [4.78, 5) is 27.9. The number of nitrogens with zero attached hydrogens (tertiary/aromatic N) is 5. The number of likely N-dealkylation sites (tertiary alicyclic amines) is 1. The molecule has 172 valence electrons. The molecule has 0 saturated carbocycles. The second-order valence-corrected chi connectivity index (χ2v) is 8.05. The van der Waals surface area contributed by atoms with Crippen molar-refractivity contribution in [3.63, 3.8) is 0 Å². The van der Waals surface area contributed by atoms with Gasteiger partial charge in [0.05, 0.1) is 13.2 Å². The summed E-state index contributed by atoms with van der Waals surface area (Å²) in [5.41, 5.74) is 2.44. The minimum atomic E-state index is -0.250. The van der Waals surface area contributed by atoms with Gasteiger partial charge in [0, 0.05) is 36.3 Å². The summed E-state index contributed by atoms with van der Waals surface area (Å²) < 4.78 is 10.7. The third kappa shape index (κ3) is 4.79. The third-order valence-electron chi connectivity index (χ3n) is 5.84. The monoisotopic (exact) mass is 456 g/mol. The number of nitrogens with one attached hydrogen (secondary N) is 1. The molecule has 1 amide bonds. The fourth-order valence-corrected chi connectivity index (χ4v) is 4.04. The molecule has 1 aromatic carbocycles. The molecule has 1 saturated heterocycles. The van der Waals surface area contributed by atoms with Crippen LogP contribution in [0, 0.1) is 0 Å². The van der Waals surface area contributed by atoms with Gasteiger partial charge in [0.25, 0.3) is 5.91 Å². The smallest absolute Gasteiger partial charge is 0.256 e. The van der Waals surface area contributed by atoms with E-state index < -0.39 is 0 Å². The Morgan fingerprint density at radius 2 is 1.97 bits per heavy atom. The van der Waals surface area contributed by atoms with Crippen LogP contribution in [-0.2, 0) is 6.54 Å². The number of ether oxygens (including phenoxy) is 1. The molecule has 9 nitrogen and oxygen atoms in total. The van der Waals surface area contributed by atoms with E-state index in [1.807, 2.05) is 18.2 Å². The zero-order valence-electron chi connectivity index (χ0n) is 18.7. The summed E-state index contributed by atoms with van der Waals surface area (Å²) in [5.74, 6) is 1.97. The fraction of sp³-hybridized carbons (Fsp3) is 0.240. The van der Waals surface area contributed by atoms with Crippen LogP contribution in [0.5, 0.6) is 5.75 Å². The maximum absolute atomic E-state index is 12.4. The molecule has 0 aliphatic carbocycles. The molecule has 34 heavy (non-hydrogen) atoms. The van der Waals surface area contributed by atoms with E-state index in [0.717, 1.165) is 31.5 Å². The Kier molecular flexibility index (Phi) is 6.26. The van der Waals surface area contributed by atoms with E-state index in [1.165, 1.54) is 5.56 Å². The first-order valence-electron chi connectivity index (χ1n) is 11.1. The predicted molar refractivity (Wildman–Crippen MR) is 125 cm³/mol. The van der Waals surface area contributed by atoms with Crippen molar-refractivity contribution >= 4 is 11.7 Å². The van der Waals surface area contributed by atoms with Gasteiger partial charge in [0.2, 0.25) is 11.7 Å². The number of aromatic nitrogens is 4. The molecular weight excluding hydrogens is 432 g/mol. The number of carbonyl (C=O) groups excluding carboxylic acids is 1. The highest BCUT2D eigenvalue weighted by Crippen LogP contribution is 2.33. The summed E-state index contributed by atoms with van der Waals surface area (Å²) in [7, 11) is 1.58. The number of anilines is 1. The Balaban J connectivity index is 1.24. The van der Waals surface area contributed by atoms with Crippen molar-refractivity contribution in [3.05, 3.63) is 84.1 Å². The molecule has 1 atom stereocenters. The van der Waals surface area contributed by atoms with Crippen molar-refractivity contribution in [1.82, 2.24) is 25.0 Å². The number of methoxy groups -OCH3 is 1. The lowest BCUT2D eigenvalue weighted by Crippen LogP contribution is -2.23. The average Bonchev–Trinajstić information content (AvgIpc) is 3.55.